The Bertz CT molecular complexity index is 722. The van der Waals surface area contributed by atoms with Gasteiger partial charge in [-0.25, -0.2) is 5.01 Å². The van der Waals surface area contributed by atoms with E-state index in [1.807, 2.05) is 12.1 Å². The third-order valence-electron chi connectivity index (χ3n) is 4.59. The van der Waals surface area contributed by atoms with Gasteiger partial charge in [0.05, 0.1) is 29.8 Å². The Hall–Kier alpha value is -1.54. The van der Waals surface area contributed by atoms with Crippen LogP contribution in [0.3, 0.4) is 0 Å². The van der Waals surface area contributed by atoms with Crippen molar-refractivity contribution in [2.75, 3.05) is 32.8 Å². The van der Waals surface area contributed by atoms with Gasteiger partial charge in [0.25, 0.3) is 0 Å². The average molecular weight is 376 g/mol. The van der Waals surface area contributed by atoms with Crippen molar-refractivity contribution >= 4 is 34.3 Å². The summed E-state index contributed by atoms with van der Waals surface area (Å²) in [5.41, 5.74) is 1.02. The Morgan fingerprint density at radius 2 is 2.00 bits per heavy atom. The van der Waals surface area contributed by atoms with Crippen LogP contribution < -0.4 is 0 Å². The van der Waals surface area contributed by atoms with Crippen LogP contribution in [0.4, 0.5) is 0 Å². The molecule has 0 N–H and O–H groups in total. The van der Waals surface area contributed by atoms with Crippen LogP contribution in [0.25, 0.3) is 0 Å². The number of amides is 1. The van der Waals surface area contributed by atoms with Gasteiger partial charge in [0, 0.05) is 37.4 Å². The highest BCUT2D eigenvalue weighted by Crippen LogP contribution is 2.36. The van der Waals surface area contributed by atoms with Crippen molar-refractivity contribution in [3.63, 3.8) is 0 Å². The zero-order valence-electron chi connectivity index (χ0n) is 14.0. The second kappa shape index (κ2) is 7.78. The second-order valence-electron chi connectivity index (χ2n) is 6.20. The Labute approximate surface area is 155 Å². The highest BCUT2D eigenvalue weighted by molar-refractivity contribution is 7.12. The summed E-state index contributed by atoms with van der Waals surface area (Å²) < 4.78 is 5.37. The molecule has 0 bridgehead atoms. The van der Waals surface area contributed by atoms with Crippen molar-refractivity contribution in [3.8, 4) is 0 Å². The van der Waals surface area contributed by atoms with E-state index in [-0.39, 0.29) is 11.9 Å². The fraction of sp³-hybridized carbons (Fsp3) is 0.444. The van der Waals surface area contributed by atoms with Gasteiger partial charge in [-0.2, -0.15) is 5.10 Å². The molecule has 1 saturated heterocycles. The fourth-order valence-corrected chi connectivity index (χ4v) is 4.76. The number of hydrogen-bond acceptors (Lipinski definition) is 6. The number of rotatable bonds is 5. The average Bonchev–Trinajstić information content (AvgIpc) is 3.40. The summed E-state index contributed by atoms with van der Waals surface area (Å²) in [5, 5.41) is 10.6. The summed E-state index contributed by atoms with van der Waals surface area (Å²) in [6, 6.07) is 8.29. The predicted octanol–water partition coefficient (Wildman–Crippen LogP) is 3.21. The number of morpholine rings is 1. The van der Waals surface area contributed by atoms with E-state index in [1.54, 1.807) is 27.7 Å². The smallest absolute Gasteiger partial charge is 0.244 e. The second-order valence-corrected chi connectivity index (χ2v) is 8.13. The number of thiophene rings is 2. The zero-order chi connectivity index (χ0) is 17.1. The van der Waals surface area contributed by atoms with Gasteiger partial charge in [-0.05, 0) is 22.9 Å². The van der Waals surface area contributed by atoms with Crippen LogP contribution in [0.15, 0.2) is 40.1 Å². The van der Waals surface area contributed by atoms with Crippen LogP contribution >= 0.6 is 22.7 Å². The maximum absolute atomic E-state index is 12.9. The van der Waals surface area contributed by atoms with Crippen molar-refractivity contribution in [2.45, 2.75) is 18.9 Å². The van der Waals surface area contributed by atoms with Crippen LogP contribution in [-0.4, -0.2) is 54.4 Å². The van der Waals surface area contributed by atoms with E-state index in [9.17, 15) is 4.79 Å². The quantitative estimate of drug-likeness (QED) is 0.806. The van der Waals surface area contributed by atoms with Gasteiger partial charge in [-0.3, -0.25) is 9.69 Å². The van der Waals surface area contributed by atoms with Crippen LogP contribution in [0.1, 0.15) is 28.6 Å². The Balaban J connectivity index is 1.48. The minimum atomic E-state index is 0.0364. The third-order valence-corrected chi connectivity index (χ3v) is 6.48. The van der Waals surface area contributed by atoms with Crippen molar-refractivity contribution in [2.24, 2.45) is 5.10 Å². The zero-order valence-corrected chi connectivity index (χ0v) is 15.6. The number of hydrogen-bond donors (Lipinski definition) is 0. The molecule has 2 aromatic rings. The number of hydrazone groups is 1. The number of carbonyl (C=O) groups is 1. The summed E-state index contributed by atoms with van der Waals surface area (Å²) in [6.45, 7) is 4.11. The van der Waals surface area contributed by atoms with Gasteiger partial charge in [0.15, 0.2) is 0 Å². The fourth-order valence-electron chi connectivity index (χ4n) is 3.23. The van der Waals surface area contributed by atoms with E-state index in [0.29, 0.717) is 6.42 Å². The number of carbonyl (C=O) groups excluding carboxylic acids is 1. The Morgan fingerprint density at radius 1 is 1.20 bits per heavy atom. The lowest BCUT2D eigenvalue weighted by Crippen LogP contribution is -2.39. The topological polar surface area (TPSA) is 45.1 Å². The van der Waals surface area contributed by atoms with E-state index in [2.05, 4.69) is 27.8 Å². The molecule has 25 heavy (non-hydrogen) atoms. The summed E-state index contributed by atoms with van der Waals surface area (Å²) in [6.07, 6.45) is 1.30. The number of ether oxygens (including phenoxy) is 1. The van der Waals surface area contributed by atoms with Gasteiger partial charge in [-0.1, -0.05) is 12.1 Å². The molecule has 1 amide bonds. The highest BCUT2D eigenvalue weighted by atomic mass is 32.1. The summed E-state index contributed by atoms with van der Waals surface area (Å²) in [4.78, 5) is 17.5. The SMILES string of the molecule is O=C(CCN1CCOCC1)N1N=C(c2cccs2)C[C@H]1c1cccs1. The van der Waals surface area contributed by atoms with Crippen LogP contribution in [0.5, 0.6) is 0 Å². The lowest BCUT2D eigenvalue weighted by molar-refractivity contribution is -0.133. The van der Waals surface area contributed by atoms with Gasteiger partial charge in [0.1, 0.15) is 0 Å². The first kappa shape index (κ1) is 16.9. The maximum Gasteiger partial charge on any atom is 0.244 e. The van der Waals surface area contributed by atoms with Crippen molar-refractivity contribution in [1.82, 2.24) is 9.91 Å². The largest absolute Gasteiger partial charge is 0.379 e. The van der Waals surface area contributed by atoms with E-state index in [1.165, 1.54) is 4.88 Å². The molecule has 1 fully saturated rings. The predicted molar refractivity (Wildman–Crippen MR) is 101 cm³/mol. The summed E-state index contributed by atoms with van der Waals surface area (Å²) in [5.74, 6) is 0.108. The molecular formula is C18H21N3O2S2. The van der Waals surface area contributed by atoms with Gasteiger partial charge in [-0.15, -0.1) is 22.7 Å². The first-order valence-electron chi connectivity index (χ1n) is 8.58. The Kier molecular flexibility index (Phi) is 5.26. The van der Waals surface area contributed by atoms with E-state index < -0.39 is 0 Å². The van der Waals surface area contributed by atoms with Gasteiger partial charge < -0.3 is 4.74 Å². The third kappa shape index (κ3) is 3.84. The van der Waals surface area contributed by atoms with Gasteiger partial charge >= 0.3 is 0 Å². The molecule has 0 radical (unpaired) electrons. The number of nitrogens with zero attached hydrogens (tertiary/aromatic N) is 3. The van der Waals surface area contributed by atoms with Crippen molar-refractivity contribution in [1.29, 1.82) is 0 Å². The summed E-state index contributed by atoms with van der Waals surface area (Å²) in [7, 11) is 0. The molecule has 132 valence electrons. The molecule has 4 heterocycles. The van der Waals surface area contributed by atoms with Crippen LogP contribution in [0, 0.1) is 0 Å². The highest BCUT2D eigenvalue weighted by Gasteiger charge is 2.33. The van der Waals surface area contributed by atoms with Crippen molar-refractivity contribution in [3.05, 3.63) is 44.8 Å². The van der Waals surface area contributed by atoms with Crippen molar-refractivity contribution < 1.29 is 9.53 Å². The molecule has 0 unspecified atom stereocenters. The molecule has 1 atom stereocenters. The molecule has 2 aliphatic rings. The molecule has 0 aromatic carbocycles. The molecule has 0 saturated carbocycles. The molecule has 5 nitrogen and oxygen atoms in total. The molecule has 2 aromatic heterocycles. The maximum atomic E-state index is 12.9. The van der Waals surface area contributed by atoms with Gasteiger partial charge in [0.2, 0.25) is 5.91 Å². The van der Waals surface area contributed by atoms with E-state index >= 15 is 0 Å². The molecule has 2 aliphatic heterocycles. The first-order chi connectivity index (χ1) is 12.3. The molecule has 4 rings (SSSR count). The molecule has 0 spiro atoms. The lowest BCUT2D eigenvalue weighted by atomic mass is 10.1. The minimum absolute atomic E-state index is 0.0364. The lowest BCUT2D eigenvalue weighted by Gasteiger charge is -2.27. The van der Waals surface area contributed by atoms with E-state index in [0.717, 1.165) is 49.9 Å². The van der Waals surface area contributed by atoms with Crippen LogP contribution in [0.2, 0.25) is 0 Å². The summed E-state index contributed by atoms with van der Waals surface area (Å²) >= 11 is 3.38. The Morgan fingerprint density at radius 3 is 2.72 bits per heavy atom. The normalized spacial score (nSPS) is 21.5. The van der Waals surface area contributed by atoms with Crippen LogP contribution in [-0.2, 0) is 9.53 Å². The minimum Gasteiger partial charge on any atom is -0.379 e. The molecular weight excluding hydrogens is 354 g/mol. The standard InChI is InChI=1S/C18H21N3O2S2/c22-18(5-6-20-7-9-23-10-8-20)21-15(17-4-2-12-25-17)13-14(19-21)16-3-1-11-24-16/h1-4,11-12,15H,5-10,13H2/t15-/m0/s1. The first-order valence-corrected chi connectivity index (χ1v) is 10.3. The monoisotopic (exact) mass is 375 g/mol. The molecule has 0 aliphatic carbocycles. The molecule has 7 heteroatoms. The van der Waals surface area contributed by atoms with E-state index in [4.69, 9.17) is 9.84 Å².